The van der Waals surface area contributed by atoms with Crippen molar-refractivity contribution >= 4 is 0 Å². The Morgan fingerprint density at radius 1 is 1.64 bits per heavy atom. The van der Waals surface area contributed by atoms with E-state index in [1.54, 1.807) is 6.20 Å². The second kappa shape index (κ2) is 2.29. The van der Waals surface area contributed by atoms with Crippen LogP contribution in [0.2, 0.25) is 0 Å². The predicted octanol–water partition coefficient (Wildman–Crippen LogP) is 0.518. The van der Waals surface area contributed by atoms with Crippen molar-refractivity contribution in [2.45, 2.75) is 18.6 Å². The molecule has 1 aliphatic carbocycles. The molecule has 0 radical (unpaired) electrons. The van der Waals surface area contributed by atoms with E-state index in [0.717, 1.165) is 11.3 Å². The zero-order chi connectivity index (χ0) is 7.84. The third-order valence-electron chi connectivity index (χ3n) is 2.06. The van der Waals surface area contributed by atoms with Crippen LogP contribution in [-0.2, 0) is 0 Å². The third-order valence-corrected chi connectivity index (χ3v) is 2.06. The van der Waals surface area contributed by atoms with Crippen LogP contribution in [0.25, 0.3) is 0 Å². The smallest absolute Gasteiger partial charge is 0.0826 e. The molecule has 3 N–H and O–H groups in total. The monoisotopic (exact) mass is 150 g/mol. The van der Waals surface area contributed by atoms with Crippen molar-refractivity contribution in [3.8, 4) is 0 Å². The molecule has 0 unspecified atom stereocenters. The second-order valence-corrected chi connectivity index (χ2v) is 2.84. The third kappa shape index (κ3) is 0.931. The number of hydrogen-bond donors (Lipinski definition) is 2. The highest BCUT2D eigenvalue weighted by Crippen LogP contribution is 2.34. The Bertz CT molecular complexity index is 248. The highest BCUT2D eigenvalue weighted by Gasteiger charge is 2.27. The maximum atomic E-state index is 9.43. The van der Waals surface area contributed by atoms with Crippen LogP contribution >= 0.6 is 0 Å². The molecular formula is C8H10N2O. The molecule has 0 saturated carbocycles. The van der Waals surface area contributed by atoms with Gasteiger partial charge in [0.15, 0.2) is 0 Å². The molecule has 58 valence electrons. The summed E-state index contributed by atoms with van der Waals surface area (Å²) in [5.41, 5.74) is 7.45. The van der Waals surface area contributed by atoms with Gasteiger partial charge in [0, 0.05) is 11.8 Å². The topological polar surface area (TPSA) is 59.1 Å². The summed E-state index contributed by atoms with van der Waals surface area (Å²) in [7, 11) is 0. The van der Waals surface area contributed by atoms with Crippen LogP contribution in [0, 0.1) is 0 Å². The summed E-state index contributed by atoms with van der Waals surface area (Å²) in [6, 6.07) is 3.61. The van der Waals surface area contributed by atoms with Gasteiger partial charge in [-0.05, 0) is 12.5 Å². The van der Waals surface area contributed by atoms with Gasteiger partial charge in [0.2, 0.25) is 0 Å². The molecule has 0 saturated heterocycles. The lowest BCUT2D eigenvalue weighted by atomic mass is 10.2. The van der Waals surface area contributed by atoms with Crippen molar-refractivity contribution in [1.29, 1.82) is 0 Å². The van der Waals surface area contributed by atoms with Gasteiger partial charge in [-0.1, -0.05) is 6.07 Å². The van der Waals surface area contributed by atoms with E-state index in [2.05, 4.69) is 4.98 Å². The zero-order valence-electron chi connectivity index (χ0n) is 6.07. The Morgan fingerprint density at radius 3 is 3.18 bits per heavy atom. The summed E-state index contributed by atoms with van der Waals surface area (Å²) in [6.07, 6.45) is 1.90. The molecule has 3 nitrogen and oxygen atoms in total. The maximum absolute atomic E-state index is 9.43. The molecule has 0 bridgehead atoms. The predicted molar refractivity (Wildman–Crippen MR) is 40.7 cm³/mol. The number of rotatable bonds is 0. The number of nitrogens with two attached hydrogens (primary N) is 1. The van der Waals surface area contributed by atoms with E-state index >= 15 is 0 Å². The molecule has 2 rings (SSSR count). The Kier molecular flexibility index (Phi) is 1.41. The number of hydrogen-bond acceptors (Lipinski definition) is 3. The molecular weight excluding hydrogens is 140 g/mol. The first-order valence-corrected chi connectivity index (χ1v) is 3.67. The molecule has 1 aromatic rings. The van der Waals surface area contributed by atoms with Gasteiger partial charge in [-0.25, -0.2) is 0 Å². The van der Waals surface area contributed by atoms with Gasteiger partial charge in [0.1, 0.15) is 0 Å². The number of nitrogens with zero attached hydrogens (tertiary/aromatic N) is 1. The number of aliphatic hydroxyl groups is 1. The van der Waals surface area contributed by atoms with Crippen molar-refractivity contribution in [1.82, 2.24) is 4.98 Å². The summed E-state index contributed by atoms with van der Waals surface area (Å²) in [5, 5.41) is 9.43. The van der Waals surface area contributed by atoms with E-state index in [0.29, 0.717) is 6.42 Å². The van der Waals surface area contributed by atoms with Crippen molar-refractivity contribution in [3.63, 3.8) is 0 Å². The highest BCUT2D eigenvalue weighted by molar-refractivity contribution is 5.29. The first kappa shape index (κ1) is 6.76. The minimum Gasteiger partial charge on any atom is -0.388 e. The first-order valence-electron chi connectivity index (χ1n) is 3.67. The van der Waals surface area contributed by atoms with E-state index in [-0.39, 0.29) is 6.04 Å². The molecule has 11 heavy (non-hydrogen) atoms. The largest absolute Gasteiger partial charge is 0.388 e. The standard InChI is InChI=1S/C8H10N2O/c9-6-4-7(11)5-2-1-3-10-8(5)6/h1-3,6-7,11H,4,9H2/t6-,7-/m1/s1. The van der Waals surface area contributed by atoms with Crippen LogP contribution < -0.4 is 5.73 Å². The Morgan fingerprint density at radius 2 is 2.45 bits per heavy atom. The van der Waals surface area contributed by atoms with E-state index in [9.17, 15) is 5.11 Å². The second-order valence-electron chi connectivity index (χ2n) is 2.84. The average molecular weight is 150 g/mol. The number of pyridine rings is 1. The Balaban J connectivity index is 2.52. The van der Waals surface area contributed by atoms with Crippen LogP contribution in [0.5, 0.6) is 0 Å². The number of aliphatic hydroxyl groups excluding tert-OH is 1. The Labute approximate surface area is 64.9 Å². The van der Waals surface area contributed by atoms with Crippen LogP contribution in [0.15, 0.2) is 18.3 Å². The minimum absolute atomic E-state index is 0.0822. The molecule has 0 spiro atoms. The fourth-order valence-corrected chi connectivity index (χ4v) is 1.50. The summed E-state index contributed by atoms with van der Waals surface area (Å²) >= 11 is 0. The van der Waals surface area contributed by atoms with Crippen LogP contribution in [0.3, 0.4) is 0 Å². The van der Waals surface area contributed by atoms with Gasteiger partial charge in [-0.15, -0.1) is 0 Å². The molecule has 0 aromatic carbocycles. The quantitative estimate of drug-likeness (QED) is 0.566. The van der Waals surface area contributed by atoms with Gasteiger partial charge in [-0.3, -0.25) is 4.98 Å². The van der Waals surface area contributed by atoms with E-state index in [1.807, 2.05) is 12.1 Å². The molecule has 1 aliphatic rings. The highest BCUT2D eigenvalue weighted by atomic mass is 16.3. The molecule has 0 fully saturated rings. The summed E-state index contributed by atoms with van der Waals surface area (Å²) in [5.74, 6) is 0. The van der Waals surface area contributed by atoms with Gasteiger partial charge in [-0.2, -0.15) is 0 Å². The summed E-state index contributed by atoms with van der Waals surface area (Å²) < 4.78 is 0. The van der Waals surface area contributed by atoms with Gasteiger partial charge in [0.05, 0.1) is 17.8 Å². The lowest BCUT2D eigenvalue weighted by Gasteiger charge is -2.00. The zero-order valence-corrected chi connectivity index (χ0v) is 6.07. The van der Waals surface area contributed by atoms with E-state index < -0.39 is 6.10 Å². The normalized spacial score (nSPS) is 28.5. The molecule has 1 heterocycles. The first-order chi connectivity index (χ1) is 5.29. The maximum Gasteiger partial charge on any atom is 0.0826 e. The number of fused-ring (bicyclic) bond motifs is 1. The molecule has 3 heteroatoms. The Hall–Kier alpha value is -0.930. The van der Waals surface area contributed by atoms with E-state index in [1.165, 1.54) is 0 Å². The van der Waals surface area contributed by atoms with E-state index in [4.69, 9.17) is 5.73 Å². The minimum atomic E-state index is -0.409. The average Bonchev–Trinajstić information content (AvgIpc) is 2.30. The number of aromatic nitrogens is 1. The molecule has 1 aromatic heterocycles. The van der Waals surface area contributed by atoms with Crippen molar-refractivity contribution in [3.05, 3.63) is 29.6 Å². The lowest BCUT2D eigenvalue weighted by Crippen LogP contribution is -2.06. The van der Waals surface area contributed by atoms with Crippen LogP contribution in [0.1, 0.15) is 29.8 Å². The van der Waals surface area contributed by atoms with Gasteiger partial charge < -0.3 is 10.8 Å². The van der Waals surface area contributed by atoms with Crippen molar-refractivity contribution < 1.29 is 5.11 Å². The molecule has 2 atom stereocenters. The fraction of sp³-hybridized carbons (Fsp3) is 0.375. The van der Waals surface area contributed by atoms with Crippen molar-refractivity contribution in [2.24, 2.45) is 5.73 Å². The van der Waals surface area contributed by atoms with Gasteiger partial charge >= 0.3 is 0 Å². The van der Waals surface area contributed by atoms with Crippen molar-refractivity contribution in [2.75, 3.05) is 0 Å². The molecule has 0 amide bonds. The van der Waals surface area contributed by atoms with Gasteiger partial charge in [0.25, 0.3) is 0 Å². The SMILES string of the molecule is N[C@@H]1C[C@@H](O)c2cccnc21. The van der Waals surface area contributed by atoms with Crippen LogP contribution in [0.4, 0.5) is 0 Å². The lowest BCUT2D eigenvalue weighted by molar-refractivity contribution is 0.173. The molecule has 0 aliphatic heterocycles. The summed E-state index contributed by atoms with van der Waals surface area (Å²) in [4.78, 5) is 4.11. The van der Waals surface area contributed by atoms with Crippen LogP contribution in [-0.4, -0.2) is 10.1 Å². The fourth-order valence-electron chi connectivity index (χ4n) is 1.50. The summed E-state index contributed by atoms with van der Waals surface area (Å²) in [6.45, 7) is 0.